The van der Waals surface area contributed by atoms with Gasteiger partial charge in [-0.25, -0.2) is 23.2 Å². The second kappa shape index (κ2) is 4.68. The van der Waals surface area contributed by atoms with Gasteiger partial charge in [-0.05, 0) is 36.5 Å². The van der Waals surface area contributed by atoms with Gasteiger partial charge in [-0.1, -0.05) is 0 Å². The number of benzene rings is 1. The number of rotatable bonds is 2. The summed E-state index contributed by atoms with van der Waals surface area (Å²) >= 11 is 5.11. The van der Waals surface area contributed by atoms with Gasteiger partial charge in [0, 0.05) is 0 Å². The fourth-order valence-corrected chi connectivity index (χ4v) is 3.00. The third-order valence-electron chi connectivity index (χ3n) is 3.39. The number of nitrogens with two attached hydrogens (primary N) is 1. The number of primary sulfonamides is 1. The molecular formula is C12H9N7O2S2. The van der Waals surface area contributed by atoms with Gasteiger partial charge in [0.1, 0.15) is 6.33 Å². The first-order valence-electron chi connectivity index (χ1n) is 6.38. The van der Waals surface area contributed by atoms with Crippen molar-refractivity contribution in [2.24, 2.45) is 5.14 Å². The van der Waals surface area contributed by atoms with Crippen LogP contribution in [0.2, 0.25) is 0 Å². The number of H-pyrrole nitrogens is 1. The van der Waals surface area contributed by atoms with Crippen molar-refractivity contribution in [1.29, 1.82) is 0 Å². The van der Waals surface area contributed by atoms with Crippen LogP contribution in [0.15, 0.2) is 41.7 Å². The Hall–Kier alpha value is -2.63. The minimum Gasteiger partial charge on any atom is -0.258 e. The number of nitrogens with one attached hydrogen (secondary N) is 1. The van der Waals surface area contributed by atoms with E-state index in [-0.39, 0.29) is 4.90 Å². The zero-order chi connectivity index (χ0) is 16.2. The van der Waals surface area contributed by atoms with Gasteiger partial charge in [-0.2, -0.15) is 10.2 Å². The van der Waals surface area contributed by atoms with Gasteiger partial charge in [0.2, 0.25) is 14.8 Å². The lowest BCUT2D eigenvalue weighted by Gasteiger charge is -2.04. The summed E-state index contributed by atoms with van der Waals surface area (Å²) in [4.78, 5) is 4.38. The van der Waals surface area contributed by atoms with E-state index in [1.807, 2.05) is 0 Å². The lowest BCUT2D eigenvalue weighted by Crippen LogP contribution is -2.12. The van der Waals surface area contributed by atoms with Crippen LogP contribution in [-0.4, -0.2) is 37.8 Å². The Kier molecular flexibility index (Phi) is 2.85. The average Bonchev–Trinajstić information content (AvgIpc) is 3.10. The molecule has 0 atom stereocenters. The minimum absolute atomic E-state index is 0.0340. The Labute approximate surface area is 134 Å². The number of hydrogen-bond acceptors (Lipinski definition) is 6. The fraction of sp³-hybridized carbons (Fsp3) is 0. The highest BCUT2D eigenvalue weighted by Crippen LogP contribution is 2.20. The Balaban J connectivity index is 1.92. The molecule has 116 valence electrons. The first kappa shape index (κ1) is 14.0. The highest BCUT2D eigenvalue weighted by atomic mass is 32.2. The van der Waals surface area contributed by atoms with Gasteiger partial charge in [0.15, 0.2) is 11.3 Å². The van der Waals surface area contributed by atoms with E-state index in [9.17, 15) is 8.42 Å². The highest BCUT2D eigenvalue weighted by Gasteiger charge is 2.13. The average molecular weight is 347 g/mol. The van der Waals surface area contributed by atoms with E-state index in [1.54, 1.807) is 33.7 Å². The second-order valence-corrected chi connectivity index (χ2v) is 6.75. The Morgan fingerprint density at radius 2 is 1.91 bits per heavy atom. The molecule has 0 radical (unpaired) electrons. The monoisotopic (exact) mass is 347 g/mol. The molecule has 0 aliphatic rings. The molecule has 0 amide bonds. The van der Waals surface area contributed by atoms with Crippen molar-refractivity contribution >= 4 is 38.9 Å². The van der Waals surface area contributed by atoms with Crippen molar-refractivity contribution in [3.63, 3.8) is 0 Å². The highest BCUT2D eigenvalue weighted by molar-refractivity contribution is 7.89. The largest absolute Gasteiger partial charge is 0.258 e. The summed E-state index contributed by atoms with van der Waals surface area (Å²) in [5.41, 5.74) is 1.85. The summed E-state index contributed by atoms with van der Waals surface area (Å²) in [5, 5.41) is 17.0. The van der Waals surface area contributed by atoms with Crippen molar-refractivity contribution < 1.29 is 8.42 Å². The van der Waals surface area contributed by atoms with Crippen LogP contribution >= 0.6 is 12.2 Å². The molecule has 0 unspecified atom stereocenters. The molecule has 3 aromatic heterocycles. The van der Waals surface area contributed by atoms with E-state index in [4.69, 9.17) is 17.4 Å². The van der Waals surface area contributed by atoms with Gasteiger partial charge < -0.3 is 0 Å². The van der Waals surface area contributed by atoms with Crippen molar-refractivity contribution in [1.82, 2.24) is 29.4 Å². The molecular weight excluding hydrogens is 338 g/mol. The van der Waals surface area contributed by atoms with E-state index < -0.39 is 10.0 Å². The summed E-state index contributed by atoms with van der Waals surface area (Å²) in [5.74, 6) is 0. The maximum absolute atomic E-state index is 11.3. The first-order chi connectivity index (χ1) is 10.9. The standard InChI is InChI=1S/C12H9N7O2S2/c13-23(20,21)8-3-1-7(2-4-8)19-10-9(5-15-19)11-16-17-12(22)18(11)6-14-10/h1-6H,(H,17,22)(H2,13,20,21). The van der Waals surface area contributed by atoms with Crippen molar-refractivity contribution in [2.75, 3.05) is 0 Å². The van der Waals surface area contributed by atoms with Crippen LogP contribution in [-0.2, 0) is 10.0 Å². The molecule has 3 N–H and O–H groups in total. The molecule has 4 aromatic rings. The molecule has 0 saturated heterocycles. The van der Waals surface area contributed by atoms with E-state index >= 15 is 0 Å². The molecule has 0 fully saturated rings. The maximum Gasteiger partial charge on any atom is 0.238 e. The fourth-order valence-electron chi connectivity index (χ4n) is 2.30. The van der Waals surface area contributed by atoms with Crippen LogP contribution < -0.4 is 5.14 Å². The molecule has 1 aromatic carbocycles. The summed E-state index contributed by atoms with van der Waals surface area (Å²) in [6.45, 7) is 0. The lowest BCUT2D eigenvalue weighted by molar-refractivity contribution is 0.598. The third-order valence-corrected chi connectivity index (χ3v) is 4.61. The second-order valence-electron chi connectivity index (χ2n) is 4.80. The van der Waals surface area contributed by atoms with Crippen LogP contribution in [0, 0.1) is 4.77 Å². The Bertz CT molecular complexity index is 1200. The summed E-state index contributed by atoms with van der Waals surface area (Å²) in [7, 11) is -3.73. The van der Waals surface area contributed by atoms with Crippen molar-refractivity contribution in [2.45, 2.75) is 4.90 Å². The van der Waals surface area contributed by atoms with Crippen LogP contribution in [0.1, 0.15) is 0 Å². The number of hydrogen-bond donors (Lipinski definition) is 2. The summed E-state index contributed by atoms with van der Waals surface area (Å²) in [6, 6.07) is 6.05. The van der Waals surface area contributed by atoms with Gasteiger partial charge in [0.25, 0.3) is 0 Å². The van der Waals surface area contributed by atoms with Crippen LogP contribution in [0.3, 0.4) is 0 Å². The molecule has 0 aliphatic heterocycles. The van der Waals surface area contributed by atoms with E-state index in [2.05, 4.69) is 20.3 Å². The van der Waals surface area contributed by atoms with Crippen LogP contribution in [0.5, 0.6) is 0 Å². The zero-order valence-corrected chi connectivity index (χ0v) is 13.0. The van der Waals surface area contributed by atoms with Gasteiger partial charge in [-0.3, -0.25) is 9.50 Å². The number of nitrogens with zero attached hydrogens (tertiary/aromatic N) is 5. The molecule has 0 bridgehead atoms. The number of fused-ring (bicyclic) bond motifs is 3. The Morgan fingerprint density at radius 1 is 1.17 bits per heavy atom. The van der Waals surface area contributed by atoms with Crippen LogP contribution in [0.25, 0.3) is 22.4 Å². The molecule has 3 heterocycles. The number of aromatic nitrogens is 6. The number of aromatic amines is 1. The van der Waals surface area contributed by atoms with E-state index in [0.29, 0.717) is 21.8 Å². The smallest absolute Gasteiger partial charge is 0.238 e. The molecule has 11 heteroatoms. The lowest BCUT2D eigenvalue weighted by atomic mass is 10.3. The Morgan fingerprint density at radius 3 is 2.61 bits per heavy atom. The van der Waals surface area contributed by atoms with Gasteiger partial charge in [0.05, 0.1) is 22.2 Å². The molecule has 23 heavy (non-hydrogen) atoms. The topological polar surface area (TPSA) is 124 Å². The zero-order valence-electron chi connectivity index (χ0n) is 11.4. The summed E-state index contributed by atoms with van der Waals surface area (Å²) in [6.07, 6.45) is 3.18. The molecule has 0 saturated carbocycles. The van der Waals surface area contributed by atoms with Gasteiger partial charge in [-0.15, -0.1) is 0 Å². The minimum atomic E-state index is -3.73. The predicted octanol–water partition coefficient (Wildman–Crippen LogP) is 0.773. The third kappa shape index (κ3) is 2.13. The molecule has 9 nitrogen and oxygen atoms in total. The van der Waals surface area contributed by atoms with Crippen LogP contribution in [0.4, 0.5) is 0 Å². The van der Waals surface area contributed by atoms with E-state index in [0.717, 1.165) is 5.39 Å². The molecule has 4 rings (SSSR count). The number of sulfonamides is 1. The van der Waals surface area contributed by atoms with Crippen molar-refractivity contribution in [3.05, 3.63) is 41.6 Å². The maximum atomic E-state index is 11.3. The molecule has 0 aliphatic carbocycles. The van der Waals surface area contributed by atoms with Gasteiger partial charge >= 0.3 is 0 Å². The predicted molar refractivity (Wildman–Crippen MR) is 84.2 cm³/mol. The SMILES string of the molecule is NS(=O)(=O)c1ccc(-n2ncc3c2ncn2c(=S)[nH]nc32)cc1. The first-order valence-corrected chi connectivity index (χ1v) is 8.33. The van der Waals surface area contributed by atoms with E-state index in [1.165, 1.54) is 12.1 Å². The van der Waals surface area contributed by atoms with Crippen molar-refractivity contribution in [3.8, 4) is 5.69 Å². The summed E-state index contributed by atoms with van der Waals surface area (Å²) < 4.78 is 26.3. The normalized spacial score (nSPS) is 12.2. The molecule has 0 spiro atoms. The quantitative estimate of drug-likeness (QED) is 0.516.